The second kappa shape index (κ2) is 7.52. The van der Waals surface area contributed by atoms with Gasteiger partial charge in [0.1, 0.15) is 6.54 Å². The first-order chi connectivity index (χ1) is 12.0. The van der Waals surface area contributed by atoms with Crippen molar-refractivity contribution in [1.29, 1.82) is 0 Å². The Kier molecular flexibility index (Phi) is 5.37. The lowest BCUT2D eigenvalue weighted by Gasteiger charge is -2.19. The van der Waals surface area contributed by atoms with Gasteiger partial charge in [0.15, 0.2) is 0 Å². The first kappa shape index (κ1) is 17.9. The van der Waals surface area contributed by atoms with Gasteiger partial charge >= 0.3 is 6.03 Å². The number of rotatable bonds is 4. The summed E-state index contributed by atoms with van der Waals surface area (Å²) >= 11 is 17.9. The molecule has 0 aliphatic carbocycles. The molecule has 1 aliphatic heterocycles. The molecule has 1 heterocycles. The quantitative estimate of drug-likeness (QED) is 0.823. The Morgan fingerprint density at radius 1 is 1.08 bits per heavy atom. The summed E-state index contributed by atoms with van der Waals surface area (Å²) in [6.07, 6.45) is 0. The van der Waals surface area contributed by atoms with Gasteiger partial charge in [-0.3, -0.25) is 9.69 Å². The topological polar surface area (TPSA) is 52.7 Å². The fourth-order valence-corrected chi connectivity index (χ4v) is 3.11. The highest BCUT2D eigenvalue weighted by Crippen LogP contribution is 2.29. The van der Waals surface area contributed by atoms with Gasteiger partial charge in [0.25, 0.3) is 0 Å². The molecule has 1 fully saturated rings. The van der Waals surface area contributed by atoms with Gasteiger partial charge in [-0.1, -0.05) is 46.9 Å². The molecule has 0 spiro atoms. The fraction of sp³-hybridized carbons (Fsp3) is 0.176. The molecule has 0 radical (unpaired) electrons. The number of hydrogen-bond acceptors (Lipinski definition) is 2. The molecule has 3 amide bonds. The van der Waals surface area contributed by atoms with Crippen molar-refractivity contribution in [3.05, 3.63) is 57.5 Å². The van der Waals surface area contributed by atoms with Crippen molar-refractivity contribution >= 4 is 58.1 Å². The molecule has 0 atom stereocenters. The minimum absolute atomic E-state index is 0.0707. The molecule has 0 bridgehead atoms. The molecule has 130 valence electrons. The van der Waals surface area contributed by atoms with Crippen molar-refractivity contribution in [3.63, 3.8) is 0 Å². The van der Waals surface area contributed by atoms with Gasteiger partial charge in [0, 0.05) is 23.8 Å². The molecule has 2 aromatic rings. The van der Waals surface area contributed by atoms with Crippen molar-refractivity contribution in [1.82, 2.24) is 4.90 Å². The summed E-state index contributed by atoms with van der Waals surface area (Å²) in [5.74, 6) is -0.342. The van der Waals surface area contributed by atoms with E-state index in [1.165, 1.54) is 4.90 Å². The van der Waals surface area contributed by atoms with Crippen molar-refractivity contribution in [2.24, 2.45) is 0 Å². The molecule has 2 aromatic carbocycles. The molecular formula is C17H14Cl3N3O2. The third kappa shape index (κ3) is 4.00. The van der Waals surface area contributed by atoms with Gasteiger partial charge in [-0.25, -0.2) is 4.79 Å². The summed E-state index contributed by atoms with van der Waals surface area (Å²) in [5, 5.41) is 3.85. The highest BCUT2D eigenvalue weighted by Gasteiger charge is 2.31. The van der Waals surface area contributed by atoms with E-state index in [1.807, 2.05) is 0 Å². The molecule has 1 N–H and O–H groups in total. The number of carbonyl (C=O) groups is 2. The summed E-state index contributed by atoms with van der Waals surface area (Å²) in [4.78, 5) is 27.8. The molecular weight excluding hydrogens is 385 g/mol. The van der Waals surface area contributed by atoms with E-state index in [-0.39, 0.29) is 23.5 Å². The van der Waals surface area contributed by atoms with Gasteiger partial charge in [-0.05, 0) is 30.3 Å². The third-order valence-corrected chi connectivity index (χ3v) is 4.83. The molecule has 8 heteroatoms. The van der Waals surface area contributed by atoms with Crippen LogP contribution in [0.5, 0.6) is 0 Å². The first-order valence-corrected chi connectivity index (χ1v) is 8.65. The molecule has 25 heavy (non-hydrogen) atoms. The lowest BCUT2D eigenvalue weighted by Crippen LogP contribution is -2.37. The van der Waals surface area contributed by atoms with Crippen LogP contribution in [0.3, 0.4) is 0 Å². The zero-order valence-electron chi connectivity index (χ0n) is 13.0. The standard InChI is InChI=1S/C17H14Cl3N3O2/c18-11-3-1-4-12(9-11)23-8-7-22(17(23)25)10-15(24)21-14-6-2-5-13(19)16(14)20/h1-6,9H,7-8,10H2,(H,21,24). The summed E-state index contributed by atoms with van der Waals surface area (Å²) in [6, 6.07) is 11.8. The molecule has 0 saturated carbocycles. The van der Waals surface area contributed by atoms with Crippen LogP contribution in [0.25, 0.3) is 0 Å². The summed E-state index contributed by atoms with van der Waals surface area (Å²) < 4.78 is 0. The fourth-order valence-electron chi connectivity index (χ4n) is 2.58. The Morgan fingerprint density at radius 2 is 1.84 bits per heavy atom. The maximum absolute atomic E-state index is 12.5. The smallest absolute Gasteiger partial charge is 0.323 e. The van der Waals surface area contributed by atoms with Crippen LogP contribution in [-0.4, -0.2) is 36.5 Å². The van der Waals surface area contributed by atoms with Crippen molar-refractivity contribution < 1.29 is 9.59 Å². The number of amides is 3. The lowest BCUT2D eigenvalue weighted by atomic mass is 10.3. The van der Waals surface area contributed by atoms with Crippen LogP contribution in [0.1, 0.15) is 0 Å². The number of nitrogens with zero attached hydrogens (tertiary/aromatic N) is 2. The van der Waals surface area contributed by atoms with Gasteiger partial charge in [-0.2, -0.15) is 0 Å². The highest BCUT2D eigenvalue weighted by molar-refractivity contribution is 6.44. The van der Waals surface area contributed by atoms with E-state index in [9.17, 15) is 9.59 Å². The molecule has 3 rings (SSSR count). The second-order valence-corrected chi connectivity index (χ2v) is 6.71. The Bertz CT molecular complexity index is 829. The zero-order valence-corrected chi connectivity index (χ0v) is 15.3. The Balaban J connectivity index is 1.65. The predicted octanol–water partition coefficient (Wildman–Crippen LogP) is 4.53. The van der Waals surface area contributed by atoms with Crippen LogP contribution in [0.4, 0.5) is 16.2 Å². The van der Waals surface area contributed by atoms with Crippen molar-refractivity contribution in [3.8, 4) is 0 Å². The van der Waals surface area contributed by atoms with Gasteiger partial charge < -0.3 is 10.2 Å². The molecule has 0 aromatic heterocycles. The maximum atomic E-state index is 12.5. The van der Waals surface area contributed by atoms with Crippen LogP contribution < -0.4 is 10.2 Å². The number of anilines is 2. The van der Waals surface area contributed by atoms with Gasteiger partial charge in [0.2, 0.25) is 5.91 Å². The van der Waals surface area contributed by atoms with Gasteiger partial charge in [-0.15, -0.1) is 0 Å². The van der Waals surface area contributed by atoms with Crippen LogP contribution >= 0.6 is 34.8 Å². The van der Waals surface area contributed by atoms with E-state index in [1.54, 1.807) is 47.4 Å². The van der Waals surface area contributed by atoms with Gasteiger partial charge in [0.05, 0.1) is 15.7 Å². The van der Waals surface area contributed by atoms with Crippen molar-refractivity contribution in [2.75, 3.05) is 29.9 Å². The summed E-state index contributed by atoms with van der Waals surface area (Å²) in [5.41, 5.74) is 1.12. The number of carbonyl (C=O) groups excluding carboxylic acids is 2. The number of nitrogens with one attached hydrogen (secondary N) is 1. The van der Waals surface area contributed by atoms with E-state index in [0.29, 0.717) is 34.5 Å². The van der Waals surface area contributed by atoms with E-state index < -0.39 is 0 Å². The lowest BCUT2D eigenvalue weighted by molar-refractivity contribution is -0.116. The Morgan fingerprint density at radius 3 is 2.60 bits per heavy atom. The van der Waals surface area contributed by atoms with Crippen molar-refractivity contribution in [2.45, 2.75) is 0 Å². The average Bonchev–Trinajstić information content (AvgIpc) is 2.93. The third-order valence-electron chi connectivity index (χ3n) is 3.77. The monoisotopic (exact) mass is 397 g/mol. The van der Waals surface area contributed by atoms with E-state index in [0.717, 1.165) is 0 Å². The second-order valence-electron chi connectivity index (χ2n) is 5.49. The van der Waals surface area contributed by atoms with E-state index in [2.05, 4.69) is 5.32 Å². The number of halogens is 3. The summed E-state index contributed by atoms with van der Waals surface area (Å²) in [7, 11) is 0. The van der Waals surface area contributed by atoms with E-state index >= 15 is 0 Å². The zero-order chi connectivity index (χ0) is 18.0. The van der Waals surface area contributed by atoms with Crippen LogP contribution in [-0.2, 0) is 4.79 Å². The molecule has 1 aliphatic rings. The SMILES string of the molecule is O=C(CN1CCN(c2cccc(Cl)c2)C1=O)Nc1cccc(Cl)c1Cl. The first-order valence-electron chi connectivity index (χ1n) is 7.51. The largest absolute Gasteiger partial charge is 0.325 e. The number of benzene rings is 2. The van der Waals surface area contributed by atoms with Crippen LogP contribution in [0, 0.1) is 0 Å². The number of urea groups is 1. The molecule has 1 saturated heterocycles. The number of hydrogen-bond donors (Lipinski definition) is 1. The highest BCUT2D eigenvalue weighted by atomic mass is 35.5. The molecule has 0 unspecified atom stereocenters. The summed E-state index contributed by atoms with van der Waals surface area (Å²) in [6.45, 7) is 0.866. The molecule has 5 nitrogen and oxygen atoms in total. The minimum atomic E-state index is -0.342. The predicted molar refractivity (Wildman–Crippen MR) is 101 cm³/mol. The normalized spacial score (nSPS) is 14.1. The minimum Gasteiger partial charge on any atom is -0.323 e. The van der Waals surface area contributed by atoms with E-state index in [4.69, 9.17) is 34.8 Å². The Hall–Kier alpha value is -1.95. The maximum Gasteiger partial charge on any atom is 0.325 e. The average molecular weight is 399 g/mol. The Labute approximate surface area is 160 Å². The van der Waals surface area contributed by atoms with Crippen LogP contribution in [0.15, 0.2) is 42.5 Å². The van der Waals surface area contributed by atoms with Crippen LogP contribution in [0.2, 0.25) is 15.1 Å².